The molecule has 98 valence electrons. The first-order valence-corrected chi connectivity index (χ1v) is 5.89. The van der Waals surface area contributed by atoms with Crippen LogP contribution in [0.15, 0.2) is 24.8 Å². The molecule has 0 aromatic carbocycles. The first kappa shape index (κ1) is 13.0. The van der Waals surface area contributed by atoms with Crippen LogP contribution in [0.2, 0.25) is 0 Å². The van der Waals surface area contributed by atoms with Gasteiger partial charge in [-0.2, -0.15) is 5.10 Å². The number of aromatic nitrogens is 3. The van der Waals surface area contributed by atoms with Gasteiger partial charge in [-0.1, -0.05) is 12.7 Å². The van der Waals surface area contributed by atoms with E-state index in [4.69, 9.17) is 0 Å². The van der Waals surface area contributed by atoms with Crippen molar-refractivity contribution in [1.29, 1.82) is 0 Å². The molecule has 2 heterocycles. The SMILES string of the molecule is C=CC(=CC)n1nc(C)c2c(C(=O)O)cc(C)nc21. The average Bonchev–Trinajstić information content (AvgIpc) is 2.67. The van der Waals surface area contributed by atoms with Crippen molar-refractivity contribution in [3.05, 3.63) is 41.7 Å². The molecule has 0 atom stereocenters. The number of rotatable bonds is 3. The second-order valence-corrected chi connectivity index (χ2v) is 4.23. The summed E-state index contributed by atoms with van der Waals surface area (Å²) in [5.41, 5.74) is 2.83. The summed E-state index contributed by atoms with van der Waals surface area (Å²) in [6.07, 6.45) is 3.51. The summed E-state index contributed by atoms with van der Waals surface area (Å²) < 4.78 is 1.62. The zero-order valence-electron chi connectivity index (χ0n) is 11.1. The van der Waals surface area contributed by atoms with Gasteiger partial charge in [0.05, 0.1) is 22.3 Å². The molecule has 5 heteroatoms. The monoisotopic (exact) mass is 257 g/mol. The van der Waals surface area contributed by atoms with Crippen LogP contribution in [0.3, 0.4) is 0 Å². The lowest BCUT2D eigenvalue weighted by Gasteiger charge is -2.04. The van der Waals surface area contributed by atoms with Gasteiger partial charge in [0.25, 0.3) is 0 Å². The zero-order valence-corrected chi connectivity index (χ0v) is 11.1. The second-order valence-electron chi connectivity index (χ2n) is 4.23. The lowest BCUT2D eigenvalue weighted by molar-refractivity contribution is 0.0699. The summed E-state index contributed by atoms with van der Waals surface area (Å²) in [6, 6.07) is 1.56. The third-order valence-electron chi connectivity index (χ3n) is 2.92. The lowest BCUT2D eigenvalue weighted by Crippen LogP contribution is -2.02. The van der Waals surface area contributed by atoms with Gasteiger partial charge in [-0.05, 0) is 32.9 Å². The standard InChI is InChI=1S/C14H15N3O2/c1-5-10(6-2)17-13-12(9(4)16-17)11(14(18)19)7-8(3)15-13/h5-7H,1H2,2-4H3,(H,18,19). The predicted molar refractivity (Wildman–Crippen MR) is 74.1 cm³/mol. The Labute approximate surface area is 110 Å². The van der Waals surface area contributed by atoms with E-state index in [2.05, 4.69) is 16.7 Å². The first-order valence-electron chi connectivity index (χ1n) is 5.89. The quantitative estimate of drug-likeness (QED) is 0.858. The Morgan fingerprint density at radius 3 is 2.68 bits per heavy atom. The maximum atomic E-state index is 11.3. The van der Waals surface area contributed by atoms with Crippen LogP contribution < -0.4 is 0 Å². The number of allylic oxidation sites excluding steroid dienone is 3. The second kappa shape index (κ2) is 4.68. The fourth-order valence-corrected chi connectivity index (χ4v) is 2.09. The summed E-state index contributed by atoms with van der Waals surface area (Å²) in [7, 11) is 0. The van der Waals surface area contributed by atoms with Gasteiger partial charge in [0, 0.05) is 5.69 Å². The molecule has 0 spiro atoms. The Bertz CT molecular complexity index is 711. The molecule has 19 heavy (non-hydrogen) atoms. The number of carboxylic acid groups (broad SMARTS) is 1. The van der Waals surface area contributed by atoms with E-state index in [1.807, 2.05) is 13.0 Å². The number of fused-ring (bicyclic) bond motifs is 1. The van der Waals surface area contributed by atoms with Crippen LogP contribution >= 0.6 is 0 Å². The third-order valence-corrected chi connectivity index (χ3v) is 2.92. The van der Waals surface area contributed by atoms with Crippen molar-refractivity contribution in [2.24, 2.45) is 0 Å². The van der Waals surface area contributed by atoms with Crippen LogP contribution in [-0.2, 0) is 0 Å². The van der Waals surface area contributed by atoms with Crippen molar-refractivity contribution in [1.82, 2.24) is 14.8 Å². The molecule has 5 nitrogen and oxygen atoms in total. The van der Waals surface area contributed by atoms with Gasteiger partial charge in [-0.3, -0.25) is 0 Å². The van der Waals surface area contributed by atoms with Crippen molar-refractivity contribution in [3.8, 4) is 0 Å². The molecule has 0 saturated carbocycles. The molecule has 0 unspecified atom stereocenters. The highest BCUT2D eigenvalue weighted by molar-refractivity contribution is 6.03. The van der Waals surface area contributed by atoms with Crippen LogP contribution in [0, 0.1) is 13.8 Å². The minimum absolute atomic E-state index is 0.228. The number of hydrogen-bond acceptors (Lipinski definition) is 3. The molecule has 0 aliphatic heterocycles. The van der Waals surface area contributed by atoms with Crippen LogP contribution in [0.1, 0.15) is 28.7 Å². The number of nitrogens with zero attached hydrogens (tertiary/aromatic N) is 3. The zero-order chi connectivity index (χ0) is 14.2. The Hall–Kier alpha value is -2.43. The Morgan fingerprint density at radius 1 is 1.47 bits per heavy atom. The number of pyridine rings is 1. The number of carbonyl (C=O) groups is 1. The molecular weight excluding hydrogens is 242 g/mol. The molecule has 0 fully saturated rings. The minimum atomic E-state index is -0.973. The van der Waals surface area contributed by atoms with E-state index in [-0.39, 0.29) is 5.56 Å². The lowest BCUT2D eigenvalue weighted by atomic mass is 10.1. The highest BCUT2D eigenvalue weighted by Crippen LogP contribution is 2.24. The molecule has 0 bridgehead atoms. The van der Waals surface area contributed by atoms with Gasteiger partial charge >= 0.3 is 5.97 Å². The van der Waals surface area contributed by atoms with Crippen molar-refractivity contribution in [3.63, 3.8) is 0 Å². The highest BCUT2D eigenvalue weighted by atomic mass is 16.4. The van der Waals surface area contributed by atoms with Crippen molar-refractivity contribution in [2.75, 3.05) is 0 Å². The summed E-state index contributed by atoms with van der Waals surface area (Å²) in [4.78, 5) is 15.7. The van der Waals surface area contributed by atoms with Gasteiger partial charge < -0.3 is 5.11 Å². The minimum Gasteiger partial charge on any atom is -0.478 e. The van der Waals surface area contributed by atoms with Crippen molar-refractivity contribution < 1.29 is 9.90 Å². The molecule has 2 rings (SSSR count). The van der Waals surface area contributed by atoms with Gasteiger partial charge in [0.15, 0.2) is 5.65 Å². The van der Waals surface area contributed by atoms with E-state index in [9.17, 15) is 9.90 Å². The average molecular weight is 257 g/mol. The molecule has 0 amide bonds. The van der Waals surface area contributed by atoms with E-state index < -0.39 is 5.97 Å². The Kier molecular flexibility index (Phi) is 3.21. The largest absolute Gasteiger partial charge is 0.478 e. The fourth-order valence-electron chi connectivity index (χ4n) is 2.09. The van der Waals surface area contributed by atoms with Crippen molar-refractivity contribution in [2.45, 2.75) is 20.8 Å². The molecule has 0 saturated heterocycles. The third kappa shape index (κ3) is 2.03. The molecular formula is C14H15N3O2. The molecule has 0 aliphatic rings. The van der Waals surface area contributed by atoms with Crippen LogP contribution in [0.5, 0.6) is 0 Å². The summed E-state index contributed by atoms with van der Waals surface area (Å²) in [5.74, 6) is -0.973. The maximum Gasteiger partial charge on any atom is 0.336 e. The smallest absolute Gasteiger partial charge is 0.336 e. The predicted octanol–water partition coefficient (Wildman–Crippen LogP) is 2.79. The maximum absolute atomic E-state index is 11.3. The van der Waals surface area contributed by atoms with Gasteiger partial charge in [-0.25, -0.2) is 14.5 Å². The van der Waals surface area contributed by atoms with Gasteiger partial charge in [-0.15, -0.1) is 0 Å². The first-order chi connectivity index (χ1) is 8.99. The van der Waals surface area contributed by atoms with Crippen molar-refractivity contribution >= 4 is 22.7 Å². The molecule has 2 aromatic rings. The topological polar surface area (TPSA) is 68.0 Å². The van der Waals surface area contributed by atoms with E-state index in [1.165, 1.54) is 0 Å². The Morgan fingerprint density at radius 2 is 2.16 bits per heavy atom. The molecule has 0 radical (unpaired) electrons. The van der Waals surface area contributed by atoms with Gasteiger partial charge in [0.2, 0.25) is 0 Å². The normalized spacial score (nSPS) is 11.8. The number of aromatic carboxylic acids is 1. The molecule has 2 aromatic heterocycles. The van der Waals surface area contributed by atoms with E-state index in [0.717, 1.165) is 5.70 Å². The van der Waals surface area contributed by atoms with Crippen LogP contribution in [0.25, 0.3) is 16.7 Å². The Balaban J connectivity index is 2.92. The van der Waals surface area contributed by atoms with Crippen LogP contribution in [0.4, 0.5) is 0 Å². The highest BCUT2D eigenvalue weighted by Gasteiger charge is 2.18. The molecule has 1 N–H and O–H groups in total. The summed E-state index contributed by atoms with van der Waals surface area (Å²) in [5, 5.41) is 14.2. The number of hydrogen-bond donors (Lipinski definition) is 1. The summed E-state index contributed by atoms with van der Waals surface area (Å²) >= 11 is 0. The van der Waals surface area contributed by atoms with E-state index in [0.29, 0.717) is 22.4 Å². The molecule has 0 aliphatic carbocycles. The fraction of sp³-hybridized carbons (Fsp3) is 0.214. The van der Waals surface area contributed by atoms with E-state index >= 15 is 0 Å². The number of carboxylic acids is 1. The summed E-state index contributed by atoms with van der Waals surface area (Å²) in [6.45, 7) is 9.14. The van der Waals surface area contributed by atoms with Crippen LogP contribution in [-0.4, -0.2) is 25.8 Å². The van der Waals surface area contributed by atoms with E-state index in [1.54, 1.807) is 30.7 Å². The van der Waals surface area contributed by atoms with Gasteiger partial charge in [0.1, 0.15) is 0 Å². The number of aryl methyl sites for hydroxylation is 2.